The molecule has 5 heteroatoms. The van der Waals surface area contributed by atoms with Gasteiger partial charge in [0.05, 0.1) is 5.69 Å². The van der Waals surface area contributed by atoms with E-state index in [0.29, 0.717) is 18.2 Å². The Bertz CT molecular complexity index is 359. The molecule has 2 N–H and O–H groups in total. The molecule has 1 heterocycles. The lowest BCUT2D eigenvalue weighted by Gasteiger charge is -2.11. The van der Waals surface area contributed by atoms with Crippen molar-refractivity contribution >= 4 is 5.91 Å². The highest BCUT2D eigenvalue weighted by atomic mass is 16.2. The van der Waals surface area contributed by atoms with Gasteiger partial charge in [-0.2, -0.15) is 5.10 Å². The molecule has 0 spiro atoms. The Morgan fingerprint density at radius 3 is 2.75 bits per heavy atom. The van der Waals surface area contributed by atoms with Gasteiger partial charge in [-0.15, -0.1) is 0 Å². The number of carbonyl (C=O) groups excluding carboxylic acids is 1. The number of aryl methyl sites for hydroxylation is 2. The summed E-state index contributed by atoms with van der Waals surface area (Å²) < 4.78 is 1.60. The third kappa shape index (κ3) is 3.34. The minimum absolute atomic E-state index is 0.0638. The summed E-state index contributed by atoms with van der Waals surface area (Å²) in [6, 6.07) is 1.79. The quantitative estimate of drug-likeness (QED) is 0.757. The van der Waals surface area contributed by atoms with E-state index in [2.05, 4.69) is 22.7 Å². The van der Waals surface area contributed by atoms with Crippen molar-refractivity contribution in [2.75, 3.05) is 20.1 Å². The van der Waals surface area contributed by atoms with Gasteiger partial charge in [-0.25, -0.2) is 0 Å². The van der Waals surface area contributed by atoms with Crippen molar-refractivity contribution in [1.82, 2.24) is 20.4 Å². The Morgan fingerprint density at radius 2 is 2.25 bits per heavy atom. The highest BCUT2D eigenvalue weighted by Gasteiger charge is 2.12. The van der Waals surface area contributed by atoms with Gasteiger partial charge in [0.2, 0.25) is 0 Å². The summed E-state index contributed by atoms with van der Waals surface area (Å²) in [5.74, 6) is 0.356. The Labute approximate surface area is 96.2 Å². The number of nitrogens with zero attached hydrogens (tertiary/aromatic N) is 2. The number of rotatable bonds is 5. The average Bonchev–Trinajstić information content (AvgIpc) is 2.55. The second-order valence-corrected chi connectivity index (χ2v) is 4.17. The predicted molar refractivity (Wildman–Crippen MR) is 63.4 cm³/mol. The number of aromatic nitrogens is 2. The van der Waals surface area contributed by atoms with E-state index >= 15 is 0 Å². The highest BCUT2D eigenvalue weighted by Crippen LogP contribution is 2.01. The zero-order chi connectivity index (χ0) is 12.1. The SMILES string of the molecule is CNCC(C)CNC(=O)c1cc(C)nn1C. The van der Waals surface area contributed by atoms with Crippen molar-refractivity contribution in [3.8, 4) is 0 Å². The van der Waals surface area contributed by atoms with Crippen LogP contribution in [0.15, 0.2) is 6.07 Å². The zero-order valence-corrected chi connectivity index (χ0v) is 10.4. The maximum Gasteiger partial charge on any atom is 0.269 e. The standard InChI is InChI=1S/C11H20N4O/c1-8(6-12-3)7-13-11(16)10-5-9(2)14-15(10)4/h5,8,12H,6-7H2,1-4H3,(H,13,16). The number of hydrogen-bond donors (Lipinski definition) is 2. The first-order valence-corrected chi connectivity index (χ1v) is 5.48. The lowest BCUT2D eigenvalue weighted by molar-refractivity contribution is 0.0938. The summed E-state index contributed by atoms with van der Waals surface area (Å²) in [6.07, 6.45) is 0. The van der Waals surface area contributed by atoms with Gasteiger partial charge in [0.1, 0.15) is 5.69 Å². The lowest BCUT2D eigenvalue weighted by Crippen LogP contribution is -2.33. The van der Waals surface area contributed by atoms with Crippen LogP contribution in [0.4, 0.5) is 0 Å². The zero-order valence-electron chi connectivity index (χ0n) is 10.4. The molecule has 0 aromatic carbocycles. The Hall–Kier alpha value is -1.36. The van der Waals surface area contributed by atoms with Crippen LogP contribution in [-0.4, -0.2) is 35.8 Å². The molecule has 0 aliphatic heterocycles. The molecule has 90 valence electrons. The minimum Gasteiger partial charge on any atom is -0.350 e. The fourth-order valence-corrected chi connectivity index (χ4v) is 1.60. The van der Waals surface area contributed by atoms with Crippen LogP contribution in [0.3, 0.4) is 0 Å². The van der Waals surface area contributed by atoms with Crippen LogP contribution in [0, 0.1) is 12.8 Å². The summed E-state index contributed by atoms with van der Waals surface area (Å²) in [5, 5.41) is 10.1. The third-order valence-corrected chi connectivity index (χ3v) is 2.40. The van der Waals surface area contributed by atoms with Crippen molar-refractivity contribution in [1.29, 1.82) is 0 Å². The second-order valence-electron chi connectivity index (χ2n) is 4.17. The molecule has 0 bridgehead atoms. The monoisotopic (exact) mass is 224 g/mol. The van der Waals surface area contributed by atoms with E-state index < -0.39 is 0 Å². The van der Waals surface area contributed by atoms with Crippen molar-refractivity contribution in [2.24, 2.45) is 13.0 Å². The lowest BCUT2D eigenvalue weighted by atomic mass is 10.2. The second kappa shape index (κ2) is 5.65. The number of amides is 1. The summed E-state index contributed by atoms with van der Waals surface area (Å²) in [5.41, 5.74) is 1.46. The average molecular weight is 224 g/mol. The number of nitrogens with one attached hydrogen (secondary N) is 2. The number of carbonyl (C=O) groups is 1. The molecule has 0 radical (unpaired) electrons. The van der Waals surface area contributed by atoms with Crippen LogP contribution in [-0.2, 0) is 7.05 Å². The van der Waals surface area contributed by atoms with Gasteiger partial charge < -0.3 is 10.6 Å². The van der Waals surface area contributed by atoms with E-state index in [1.807, 2.05) is 14.0 Å². The molecule has 1 rings (SSSR count). The predicted octanol–water partition coefficient (Wildman–Crippen LogP) is 0.314. The first kappa shape index (κ1) is 12.7. The first-order chi connectivity index (χ1) is 7.54. The molecule has 1 aromatic heterocycles. The van der Waals surface area contributed by atoms with E-state index in [4.69, 9.17) is 0 Å². The molecule has 0 aliphatic rings. The van der Waals surface area contributed by atoms with Crippen molar-refractivity contribution in [2.45, 2.75) is 13.8 Å². The van der Waals surface area contributed by atoms with Gasteiger partial charge in [-0.05, 0) is 32.5 Å². The molecule has 0 fully saturated rings. The highest BCUT2D eigenvalue weighted by molar-refractivity contribution is 5.92. The van der Waals surface area contributed by atoms with E-state index in [-0.39, 0.29) is 5.91 Å². The van der Waals surface area contributed by atoms with Crippen molar-refractivity contribution in [3.05, 3.63) is 17.5 Å². The molecule has 1 amide bonds. The maximum atomic E-state index is 11.8. The van der Waals surface area contributed by atoms with E-state index in [1.165, 1.54) is 0 Å². The largest absolute Gasteiger partial charge is 0.350 e. The van der Waals surface area contributed by atoms with E-state index in [0.717, 1.165) is 12.2 Å². The van der Waals surface area contributed by atoms with Gasteiger partial charge in [0.25, 0.3) is 5.91 Å². The van der Waals surface area contributed by atoms with Crippen LogP contribution >= 0.6 is 0 Å². The topological polar surface area (TPSA) is 58.9 Å². The molecule has 1 unspecified atom stereocenters. The van der Waals surface area contributed by atoms with Crippen molar-refractivity contribution < 1.29 is 4.79 Å². The van der Waals surface area contributed by atoms with Gasteiger partial charge in [0, 0.05) is 13.6 Å². The minimum atomic E-state index is -0.0638. The van der Waals surface area contributed by atoms with Gasteiger partial charge in [0.15, 0.2) is 0 Å². The van der Waals surface area contributed by atoms with Crippen LogP contribution in [0.1, 0.15) is 23.1 Å². The molecule has 0 saturated heterocycles. The van der Waals surface area contributed by atoms with Crippen LogP contribution < -0.4 is 10.6 Å². The first-order valence-electron chi connectivity index (χ1n) is 5.48. The molecule has 1 atom stereocenters. The molecular formula is C11H20N4O. The molecule has 1 aromatic rings. The van der Waals surface area contributed by atoms with Crippen molar-refractivity contribution in [3.63, 3.8) is 0 Å². The van der Waals surface area contributed by atoms with Crippen LogP contribution in [0.25, 0.3) is 0 Å². The summed E-state index contributed by atoms with van der Waals surface area (Å²) in [7, 11) is 3.68. The molecule has 5 nitrogen and oxygen atoms in total. The van der Waals surface area contributed by atoms with Crippen LogP contribution in [0.2, 0.25) is 0 Å². The Kier molecular flexibility index (Phi) is 4.49. The van der Waals surface area contributed by atoms with E-state index in [1.54, 1.807) is 17.8 Å². The Morgan fingerprint density at radius 1 is 1.56 bits per heavy atom. The van der Waals surface area contributed by atoms with Gasteiger partial charge in [-0.3, -0.25) is 9.48 Å². The number of hydrogen-bond acceptors (Lipinski definition) is 3. The van der Waals surface area contributed by atoms with E-state index in [9.17, 15) is 4.79 Å². The molecule has 16 heavy (non-hydrogen) atoms. The molecule has 0 saturated carbocycles. The van der Waals surface area contributed by atoms with Gasteiger partial charge in [-0.1, -0.05) is 6.92 Å². The fourth-order valence-electron chi connectivity index (χ4n) is 1.60. The maximum absolute atomic E-state index is 11.8. The van der Waals surface area contributed by atoms with Gasteiger partial charge >= 0.3 is 0 Å². The van der Waals surface area contributed by atoms with Crippen LogP contribution in [0.5, 0.6) is 0 Å². The third-order valence-electron chi connectivity index (χ3n) is 2.40. The smallest absolute Gasteiger partial charge is 0.269 e. The summed E-state index contributed by atoms with van der Waals surface area (Å²) in [6.45, 7) is 5.53. The Balaban J connectivity index is 2.50. The summed E-state index contributed by atoms with van der Waals surface area (Å²) in [4.78, 5) is 11.8. The normalized spacial score (nSPS) is 12.5. The molecule has 0 aliphatic carbocycles. The summed E-state index contributed by atoms with van der Waals surface area (Å²) >= 11 is 0. The molecular weight excluding hydrogens is 204 g/mol. The fraction of sp³-hybridized carbons (Fsp3) is 0.636.